The average molecular weight is 488 g/mol. The molecule has 1 aromatic heterocycles. The maximum atomic E-state index is 13.3. The molecule has 31 heavy (non-hydrogen) atoms. The minimum atomic E-state index is -0.734. The van der Waals surface area contributed by atoms with E-state index in [0.29, 0.717) is 24.4 Å². The van der Waals surface area contributed by atoms with Gasteiger partial charge in [0.05, 0.1) is 18.8 Å². The smallest absolute Gasteiger partial charge is 0.326 e. The zero-order chi connectivity index (χ0) is 21.6. The molecule has 2 heterocycles. The fraction of sp³-hybridized carbons (Fsp3) is 0.545. The van der Waals surface area contributed by atoms with Crippen LogP contribution in [0.3, 0.4) is 0 Å². The Labute approximate surface area is 189 Å². The third-order valence-corrected chi connectivity index (χ3v) is 7.49. The van der Waals surface area contributed by atoms with Gasteiger partial charge in [-0.1, -0.05) is 31.9 Å². The molecule has 2 aromatic rings. The minimum absolute atomic E-state index is 0.0882. The molecule has 0 bridgehead atoms. The molecule has 2 saturated carbocycles. The molecule has 1 spiro atoms. The number of imide groups is 1. The maximum Gasteiger partial charge on any atom is 0.326 e. The number of halogens is 1. The summed E-state index contributed by atoms with van der Waals surface area (Å²) in [4.78, 5) is 29.6. The molecule has 2 atom stereocenters. The predicted molar refractivity (Wildman–Crippen MR) is 117 cm³/mol. The first-order valence-corrected chi connectivity index (χ1v) is 11.7. The molecule has 5 rings (SSSR count). The quantitative estimate of drug-likeness (QED) is 0.620. The summed E-state index contributed by atoms with van der Waals surface area (Å²) in [5.74, 6) is 0.989. The Morgan fingerprint density at radius 2 is 2.03 bits per heavy atom. The van der Waals surface area contributed by atoms with E-state index in [1.807, 2.05) is 24.3 Å². The lowest BCUT2D eigenvalue weighted by Gasteiger charge is -2.37. The summed E-state index contributed by atoms with van der Waals surface area (Å²) in [7, 11) is 0. The normalized spacial score (nSPS) is 26.2. The van der Waals surface area contributed by atoms with Crippen LogP contribution in [0, 0.1) is 5.92 Å². The predicted octanol–water partition coefficient (Wildman–Crippen LogP) is 3.92. The van der Waals surface area contributed by atoms with E-state index >= 15 is 0 Å². The van der Waals surface area contributed by atoms with Gasteiger partial charge >= 0.3 is 6.03 Å². The van der Waals surface area contributed by atoms with Gasteiger partial charge in [0.25, 0.3) is 5.91 Å². The third-order valence-electron chi connectivity index (χ3n) is 6.80. The van der Waals surface area contributed by atoms with Crippen molar-refractivity contribution >= 4 is 27.9 Å². The number of nitrogens with one attached hydrogen (secondary N) is 1. The van der Waals surface area contributed by atoms with Crippen molar-refractivity contribution in [3.8, 4) is 11.5 Å². The molecule has 0 unspecified atom stereocenters. The number of benzene rings is 1. The van der Waals surface area contributed by atoms with Gasteiger partial charge in [-0.25, -0.2) is 9.69 Å². The number of carbonyl (C=O) groups excluding carboxylic acids is 2. The van der Waals surface area contributed by atoms with Gasteiger partial charge in [-0.2, -0.15) is 0 Å². The second-order valence-corrected chi connectivity index (χ2v) is 9.74. The molecule has 3 amide bonds. The maximum absolute atomic E-state index is 13.3. The minimum Gasteiger partial charge on any atom is -0.419 e. The van der Waals surface area contributed by atoms with Crippen LogP contribution in [0.25, 0.3) is 11.5 Å². The summed E-state index contributed by atoms with van der Waals surface area (Å²) in [6.07, 6.45) is 5.84. The van der Waals surface area contributed by atoms with Crippen LogP contribution in [0.2, 0.25) is 0 Å². The summed E-state index contributed by atoms with van der Waals surface area (Å²) in [5.41, 5.74) is 0.100. The molecule has 3 fully saturated rings. The Hall–Kier alpha value is -2.26. The summed E-state index contributed by atoms with van der Waals surface area (Å²) in [6, 6.07) is 7.72. The van der Waals surface area contributed by atoms with Crippen LogP contribution in [-0.2, 0) is 11.3 Å². The van der Waals surface area contributed by atoms with Crippen LogP contribution in [0.5, 0.6) is 0 Å². The van der Waals surface area contributed by atoms with Crippen molar-refractivity contribution in [2.24, 2.45) is 5.92 Å². The third kappa shape index (κ3) is 3.78. The number of urea groups is 1. The lowest BCUT2D eigenvalue weighted by molar-refractivity contribution is -0.135. The van der Waals surface area contributed by atoms with Crippen molar-refractivity contribution in [1.82, 2.24) is 25.3 Å². The van der Waals surface area contributed by atoms with Gasteiger partial charge in [0.1, 0.15) is 5.54 Å². The van der Waals surface area contributed by atoms with Gasteiger partial charge in [0, 0.05) is 10.5 Å². The van der Waals surface area contributed by atoms with Crippen molar-refractivity contribution in [3.63, 3.8) is 0 Å². The molecule has 9 heteroatoms. The van der Waals surface area contributed by atoms with E-state index in [1.54, 1.807) is 0 Å². The molecule has 1 aliphatic heterocycles. The molecule has 1 aromatic carbocycles. The second-order valence-electron chi connectivity index (χ2n) is 8.88. The number of nitrogens with zero attached hydrogens (tertiary/aromatic N) is 4. The lowest BCUT2D eigenvalue weighted by atomic mass is 9.73. The second kappa shape index (κ2) is 8.02. The summed E-state index contributed by atoms with van der Waals surface area (Å²) < 4.78 is 6.79. The van der Waals surface area contributed by atoms with Crippen molar-refractivity contribution < 1.29 is 14.0 Å². The van der Waals surface area contributed by atoms with Gasteiger partial charge in [-0.15, -0.1) is 10.2 Å². The highest BCUT2D eigenvalue weighted by atomic mass is 79.9. The summed E-state index contributed by atoms with van der Waals surface area (Å²) in [5, 5.41) is 11.4. The average Bonchev–Trinajstić information content (AvgIpc) is 3.46. The Balaban J connectivity index is 1.32. The zero-order valence-electron chi connectivity index (χ0n) is 17.5. The van der Waals surface area contributed by atoms with Crippen molar-refractivity contribution in [3.05, 3.63) is 34.6 Å². The Kier molecular flexibility index (Phi) is 5.34. The standard InChI is InChI=1S/C22H26BrN5O3/c1-14-6-4-5-11-22(14)20(29)28(21(30)24-22)13-27(15-9-10-15)12-18-25-26-19(31-18)16-7-2-3-8-17(16)23/h2-3,7-8,14-15H,4-6,9-13H2,1H3,(H,24,30)/t14-,22-/m1/s1. The number of amides is 3. The molecule has 1 N–H and O–H groups in total. The number of rotatable bonds is 6. The van der Waals surface area contributed by atoms with Gasteiger partial charge in [-0.3, -0.25) is 9.69 Å². The largest absolute Gasteiger partial charge is 0.419 e. The number of carbonyl (C=O) groups is 2. The molecular weight excluding hydrogens is 462 g/mol. The Morgan fingerprint density at radius 3 is 2.77 bits per heavy atom. The zero-order valence-corrected chi connectivity index (χ0v) is 19.1. The van der Waals surface area contributed by atoms with Crippen LogP contribution in [0.15, 0.2) is 33.2 Å². The van der Waals surface area contributed by atoms with Crippen molar-refractivity contribution in [2.45, 2.75) is 63.6 Å². The van der Waals surface area contributed by atoms with Crippen molar-refractivity contribution in [2.75, 3.05) is 6.67 Å². The number of hydrogen-bond donors (Lipinski definition) is 1. The topological polar surface area (TPSA) is 91.6 Å². The Morgan fingerprint density at radius 1 is 1.23 bits per heavy atom. The molecule has 2 aliphatic carbocycles. The Bertz CT molecular complexity index is 1010. The first-order valence-electron chi connectivity index (χ1n) is 10.9. The van der Waals surface area contributed by atoms with Gasteiger partial charge in [-0.05, 0) is 59.7 Å². The van der Waals surface area contributed by atoms with Gasteiger partial charge < -0.3 is 9.73 Å². The fourth-order valence-electron chi connectivity index (χ4n) is 4.77. The molecule has 0 radical (unpaired) electrons. The number of aromatic nitrogens is 2. The van der Waals surface area contributed by atoms with E-state index in [1.165, 1.54) is 4.90 Å². The van der Waals surface area contributed by atoms with E-state index in [9.17, 15) is 9.59 Å². The van der Waals surface area contributed by atoms with Crippen LogP contribution in [0.1, 0.15) is 51.3 Å². The van der Waals surface area contributed by atoms with E-state index in [0.717, 1.165) is 48.6 Å². The van der Waals surface area contributed by atoms with Crippen LogP contribution in [-0.4, -0.2) is 50.2 Å². The SMILES string of the molecule is C[C@@H]1CCCC[C@@]12NC(=O)N(CN(Cc1nnc(-c3ccccc3Br)o1)C1CC1)C2=O. The number of hydrogen-bond acceptors (Lipinski definition) is 6. The van der Waals surface area contributed by atoms with E-state index in [2.05, 4.69) is 43.3 Å². The summed E-state index contributed by atoms with van der Waals surface area (Å²) >= 11 is 3.51. The van der Waals surface area contributed by atoms with Crippen LogP contribution >= 0.6 is 15.9 Å². The summed E-state index contributed by atoms with van der Waals surface area (Å²) in [6.45, 7) is 2.72. The van der Waals surface area contributed by atoms with Crippen LogP contribution < -0.4 is 5.32 Å². The lowest BCUT2D eigenvalue weighted by Crippen LogP contribution is -2.54. The first kappa shape index (κ1) is 20.6. The van der Waals surface area contributed by atoms with Crippen molar-refractivity contribution in [1.29, 1.82) is 0 Å². The molecule has 164 valence electrons. The van der Waals surface area contributed by atoms with Crippen LogP contribution in [0.4, 0.5) is 4.79 Å². The van der Waals surface area contributed by atoms with E-state index in [-0.39, 0.29) is 24.5 Å². The van der Waals surface area contributed by atoms with Gasteiger partial charge in [0.15, 0.2) is 0 Å². The highest BCUT2D eigenvalue weighted by Crippen LogP contribution is 2.39. The monoisotopic (exact) mass is 487 g/mol. The molecule has 1 saturated heterocycles. The highest BCUT2D eigenvalue weighted by Gasteiger charge is 2.55. The van der Waals surface area contributed by atoms with E-state index in [4.69, 9.17) is 4.42 Å². The molecule has 3 aliphatic rings. The molecule has 8 nitrogen and oxygen atoms in total. The van der Waals surface area contributed by atoms with E-state index < -0.39 is 5.54 Å². The molecular formula is C22H26BrN5O3. The highest BCUT2D eigenvalue weighted by molar-refractivity contribution is 9.10. The fourth-order valence-corrected chi connectivity index (χ4v) is 5.23. The van der Waals surface area contributed by atoms with Gasteiger partial charge in [0.2, 0.25) is 11.8 Å². The first-order chi connectivity index (χ1) is 15.0.